The zero-order valence-electron chi connectivity index (χ0n) is 19.1. The van der Waals surface area contributed by atoms with Gasteiger partial charge in [-0.2, -0.15) is 0 Å². The van der Waals surface area contributed by atoms with E-state index in [1.807, 2.05) is 20.8 Å². The number of fused-ring (bicyclic) bond motifs is 1. The molecule has 0 fully saturated rings. The van der Waals surface area contributed by atoms with Crippen molar-refractivity contribution in [2.24, 2.45) is 5.92 Å². The van der Waals surface area contributed by atoms with Crippen LogP contribution in [0.25, 0.3) is 5.57 Å². The monoisotopic (exact) mass is 459 g/mol. The number of sulfonamides is 1. The van der Waals surface area contributed by atoms with E-state index in [9.17, 15) is 13.2 Å². The van der Waals surface area contributed by atoms with Crippen molar-refractivity contribution < 1.29 is 22.3 Å². The highest BCUT2D eigenvalue weighted by Gasteiger charge is 2.30. The van der Waals surface area contributed by atoms with E-state index in [-0.39, 0.29) is 28.3 Å². The number of anilines is 1. The summed E-state index contributed by atoms with van der Waals surface area (Å²) < 4.78 is 49.5. The van der Waals surface area contributed by atoms with Crippen LogP contribution in [0, 0.1) is 5.92 Å². The minimum absolute atomic E-state index is 0.00246. The molecule has 0 amide bonds. The Morgan fingerprint density at radius 2 is 1.88 bits per heavy atom. The van der Waals surface area contributed by atoms with Crippen molar-refractivity contribution in [1.82, 2.24) is 0 Å². The molecule has 2 aromatic rings. The molecule has 3 rings (SSSR count). The van der Waals surface area contributed by atoms with Crippen LogP contribution in [0.4, 0.5) is 10.1 Å². The molecular weight excluding hydrogens is 429 g/mol. The third-order valence-corrected chi connectivity index (χ3v) is 6.78. The molecule has 2 aromatic carbocycles. The van der Waals surface area contributed by atoms with Crippen LogP contribution in [0.15, 0.2) is 53.4 Å². The number of hydrogen-bond donors (Lipinski definition) is 1. The fourth-order valence-electron chi connectivity index (χ4n) is 3.68. The molecule has 32 heavy (non-hydrogen) atoms. The third kappa shape index (κ3) is 5.57. The number of carbonyl (C=O) groups is 1. The lowest BCUT2D eigenvalue weighted by molar-refractivity contribution is -0.117. The van der Waals surface area contributed by atoms with Gasteiger partial charge in [-0.25, -0.2) is 12.8 Å². The van der Waals surface area contributed by atoms with Crippen LogP contribution in [0.5, 0.6) is 5.75 Å². The lowest BCUT2D eigenvalue weighted by Crippen LogP contribution is -2.22. The average Bonchev–Trinajstić information content (AvgIpc) is 2.67. The first kappa shape index (κ1) is 24.0. The van der Waals surface area contributed by atoms with Gasteiger partial charge in [-0.3, -0.25) is 9.52 Å². The summed E-state index contributed by atoms with van der Waals surface area (Å²) in [6, 6.07) is 11.4. The van der Waals surface area contributed by atoms with E-state index in [2.05, 4.69) is 4.72 Å². The summed E-state index contributed by atoms with van der Waals surface area (Å²) in [6.07, 6.45) is 2.47. The maximum absolute atomic E-state index is 15.1. The van der Waals surface area contributed by atoms with Gasteiger partial charge in [0.25, 0.3) is 10.0 Å². The highest BCUT2D eigenvalue weighted by Crippen LogP contribution is 2.37. The molecule has 0 bridgehead atoms. The maximum atomic E-state index is 15.1. The summed E-state index contributed by atoms with van der Waals surface area (Å²) in [5.74, 6) is 0.186. The van der Waals surface area contributed by atoms with Crippen molar-refractivity contribution in [3.8, 4) is 5.75 Å². The van der Waals surface area contributed by atoms with Crippen LogP contribution in [0.3, 0.4) is 0 Å². The van der Waals surface area contributed by atoms with Gasteiger partial charge in [-0.1, -0.05) is 19.1 Å². The highest BCUT2D eigenvalue weighted by atomic mass is 32.2. The van der Waals surface area contributed by atoms with Gasteiger partial charge in [0.1, 0.15) is 11.4 Å². The first-order valence-corrected chi connectivity index (χ1v) is 12.2. The normalized spacial score (nSPS) is 18.9. The third-order valence-electron chi connectivity index (χ3n) is 5.40. The Morgan fingerprint density at radius 1 is 1.16 bits per heavy atom. The van der Waals surface area contributed by atoms with Crippen LogP contribution in [0.1, 0.15) is 52.2 Å². The smallest absolute Gasteiger partial charge is 0.261 e. The largest absolute Gasteiger partial charge is 0.491 e. The number of allylic oxidation sites excluding steroid dienone is 2. The number of alkyl halides is 1. The molecule has 1 aliphatic rings. The molecule has 1 N–H and O–H groups in total. The van der Waals surface area contributed by atoms with E-state index in [1.54, 1.807) is 30.3 Å². The molecule has 1 aliphatic carbocycles. The van der Waals surface area contributed by atoms with Gasteiger partial charge in [0, 0.05) is 12.0 Å². The Bertz CT molecular complexity index is 1150. The number of benzene rings is 2. The lowest BCUT2D eigenvalue weighted by atomic mass is 9.82. The van der Waals surface area contributed by atoms with Gasteiger partial charge >= 0.3 is 0 Å². The SMILES string of the molecule is CC(C)Oc1cccc(NS(=O)(=O)c2ccc3c(c2)/C(C(C)(C)F)=C\C(=O)C(C)CC3)c1. The number of hydrogen-bond acceptors (Lipinski definition) is 4. The van der Waals surface area contributed by atoms with E-state index in [0.29, 0.717) is 29.8 Å². The van der Waals surface area contributed by atoms with Crippen LogP contribution in [-0.4, -0.2) is 26.0 Å². The summed E-state index contributed by atoms with van der Waals surface area (Å²) in [4.78, 5) is 12.5. The predicted molar refractivity (Wildman–Crippen MR) is 125 cm³/mol. The molecule has 0 spiro atoms. The van der Waals surface area contributed by atoms with Gasteiger partial charge in [0.05, 0.1) is 16.7 Å². The molecule has 172 valence electrons. The van der Waals surface area contributed by atoms with E-state index in [4.69, 9.17) is 4.74 Å². The van der Waals surface area contributed by atoms with Gasteiger partial charge in [0.2, 0.25) is 0 Å². The average molecular weight is 460 g/mol. The molecule has 0 radical (unpaired) electrons. The van der Waals surface area contributed by atoms with Crippen molar-refractivity contribution in [3.05, 3.63) is 59.7 Å². The van der Waals surface area contributed by atoms with Crippen molar-refractivity contribution in [2.45, 2.75) is 64.1 Å². The Balaban J connectivity index is 2.02. The van der Waals surface area contributed by atoms with Gasteiger partial charge in [-0.05, 0) is 87.6 Å². The molecule has 0 aliphatic heterocycles. The van der Waals surface area contributed by atoms with E-state index in [0.717, 1.165) is 5.56 Å². The maximum Gasteiger partial charge on any atom is 0.261 e. The number of halogens is 1. The second-order valence-corrected chi connectivity index (χ2v) is 10.7. The number of carbonyl (C=O) groups excluding carboxylic acids is 1. The number of ketones is 1. The number of nitrogens with one attached hydrogen (secondary N) is 1. The zero-order chi connectivity index (χ0) is 23.7. The zero-order valence-corrected chi connectivity index (χ0v) is 19.9. The standard InChI is InChI=1S/C25H30FNO4S/c1-16(2)31-20-8-6-7-19(13-20)27-32(29,30)21-12-11-18-10-9-17(3)24(28)15-23(22(18)14-21)25(4,5)26/h6-8,11-17,27H,9-10H2,1-5H3/b23-15+. The lowest BCUT2D eigenvalue weighted by Gasteiger charge is -2.25. The first-order valence-electron chi connectivity index (χ1n) is 10.7. The highest BCUT2D eigenvalue weighted by molar-refractivity contribution is 7.92. The fraction of sp³-hybridized carbons (Fsp3) is 0.400. The summed E-state index contributed by atoms with van der Waals surface area (Å²) in [7, 11) is -3.95. The number of rotatable bonds is 6. The van der Waals surface area contributed by atoms with Crippen molar-refractivity contribution in [2.75, 3.05) is 4.72 Å². The molecule has 0 saturated heterocycles. The summed E-state index contributed by atoms with van der Waals surface area (Å²) in [5.41, 5.74) is 0.0406. The van der Waals surface area contributed by atoms with Gasteiger partial charge < -0.3 is 4.74 Å². The number of ether oxygens (including phenoxy) is 1. The Kier molecular flexibility index (Phi) is 6.79. The summed E-state index contributed by atoms with van der Waals surface area (Å²) >= 11 is 0. The second kappa shape index (κ2) is 9.06. The van der Waals surface area contributed by atoms with E-state index < -0.39 is 15.7 Å². The second-order valence-electron chi connectivity index (χ2n) is 8.99. The van der Waals surface area contributed by atoms with Crippen LogP contribution < -0.4 is 9.46 Å². The first-order chi connectivity index (χ1) is 14.9. The fourth-order valence-corrected chi connectivity index (χ4v) is 4.75. The van der Waals surface area contributed by atoms with Crippen molar-refractivity contribution in [3.63, 3.8) is 0 Å². The molecule has 5 nitrogen and oxygen atoms in total. The van der Waals surface area contributed by atoms with Crippen LogP contribution in [-0.2, 0) is 21.2 Å². The van der Waals surface area contributed by atoms with Crippen LogP contribution in [0.2, 0.25) is 0 Å². The van der Waals surface area contributed by atoms with Gasteiger partial charge in [0.15, 0.2) is 5.78 Å². The number of aryl methyl sites for hydroxylation is 1. The topological polar surface area (TPSA) is 72.5 Å². The van der Waals surface area contributed by atoms with Gasteiger partial charge in [-0.15, -0.1) is 0 Å². The quantitative estimate of drug-likeness (QED) is 0.614. The molecule has 1 atom stereocenters. The van der Waals surface area contributed by atoms with Crippen molar-refractivity contribution >= 4 is 27.1 Å². The van der Waals surface area contributed by atoms with Crippen molar-refractivity contribution in [1.29, 1.82) is 0 Å². The molecule has 0 aromatic heterocycles. The molecule has 0 saturated carbocycles. The minimum atomic E-state index is -3.95. The van der Waals surface area contributed by atoms with E-state index >= 15 is 4.39 Å². The van der Waals surface area contributed by atoms with E-state index in [1.165, 1.54) is 32.1 Å². The Hall–Kier alpha value is -2.67. The molecule has 1 unspecified atom stereocenters. The van der Waals surface area contributed by atoms with Crippen LogP contribution >= 0.6 is 0 Å². The summed E-state index contributed by atoms with van der Waals surface area (Å²) in [5, 5.41) is 0. The predicted octanol–water partition coefficient (Wildman–Crippen LogP) is 5.56. The molecule has 7 heteroatoms. The Morgan fingerprint density at radius 3 is 2.53 bits per heavy atom. The summed E-state index contributed by atoms with van der Waals surface area (Å²) in [6.45, 7) is 8.35. The molecule has 0 heterocycles. The molecular formula is C25H30FNO4S. The Labute approximate surface area is 189 Å². The minimum Gasteiger partial charge on any atom is -0.491 e.